The molecule has 0 saturated carbocycles. The zero-order valence-electron chi connectivity index (χ0n) is 14.6. The molecule has 1 saturated heterocycles. The molecule has 1 fully saturated rings. The fraction of sp³-hybridized carbons (Fsp3) is 0.300. The lowest BCUT2D eigenvalue weighted by molar-refractivity contribution is -0.149. The molecule has 0 unspecified atom stereocenters. The summed E-state index contributed by atoms with van der Waals surface area (Å²) in [4.78, 5) is 29.0. The van der Waals surface area contributed by atoms with Crippen LogP contribution in [0.15, 0.2) is 60.7 Å². The van der Waals surface area contributed by atoms with Gasteiger partial charge in [-0.1, -0.05) is 60.7 Å². The Balaban J connectivity index is 2.03. The summed E-state index contributed by atoms with van der Waals surface area (Å²) in [5.41, 5.74) is 0.403. The van der Waals surface area contributed by atoms with Crippen LogP contribution in [0.25, 0.3) is 0 Å². The first-order valence-corrected chi connectivity index (χ1v) is 8.24. The Morgan fingerprint density at radius 2 is 1.56 bits per heavy atom. The second kappa shape index (κ2) is 6.33. The number of amides is 2. The lowest BCUT2D eigenvalue weighted by Crippen LogP contribution is -2.51. The first-order chi connectivity index (χ1) is 11.9. The van der Waals surface area contributed by atoms with Crippen LogP contribution in [0.2, 0.25) is 0 Å². The lowest BCUT2D eigenvalue weighted by atomic mass is 10.0. The molecule has 2 atom stereocenters. The highest BCUT2D eigenvalue weighted by Gasteiger charge is 2.53. The van der Waals surface area contributed by atoms with Gasteiger partial charge in [-0.3, -0.25) is 9.59 Å². The molecule has 1 aliphatic rings. The molecule has 0 radical (unpaired) electrons. The van der Waals surface area contributed by atoms with Gasteiger partial charge in [0.1, 0.15) is 11.7 Å². The molecule has 25 heavy (non-hydrogen) atoms. The number of benzene rings is 2. The van der Waals surface area contributed by atoms with Crippen LogP contribution in [0.5, 0.6) is 0 Å². The fourth-order valence-corrected chi connectivity index (χ4v) is 3.27. The van der Waals surface area contributed by atoms with E-state index in [2.05, 4.69) is 0 Å². The average molecular weight is 338 g/mol. The Morgan fingerprint density at radius 3 is 2.12 bits per heavy atom. The molecule has 3 rings (SSSR count). The Morgan fingerprint density at radius 1 is 1.04 bits per heavy atom. The molecule has 2 amide bonds. The van der Waals surface area contributed by atoms with Gasteiger partial charge in [0.25, 0.3) is 11.8 Å². The van der Waals surface area contributed by atoms with Gasteiger partial charge in [-0.05, 0) is 25.0 Å². The van der Waals surface area contributed by atoms with Crippen molar-refractivity contribution in [2.75, 3.05) is 7.05 Å². The molecule has 5 heteroatoms. The molecule has 1 heterocycles. The molecule has 2 aromatic carbocycles. The van der Waals surface area contributed by atoms with Gasteiger partial charge in [0, 0.05) is 7.05 Å². The molecule has 1 N–H and O–H groups in total. The van der Waals surface area contributed by atoms with Crippen LogP contribution in [0.1, 0.15) is 37.1 Å². The smallest absolute Gasteiger partial charge is 0.258 e. The summed E-state index contributed by atoms with van der Waals surface area (Å²) in [6.45, 7) is 3.62. The van der Waals surface area contributed by atoms with E-state index in [9.17, 15) is 14.7 Å². The molecule has 130 valence electrons. The van der Waals surface area contributed by atoms with Crippen LogP contribution in [0.4, 0.5) is 0 Å². The molecule has 0 aliphatic carbocycles. The van der Waals surface area contributed by atoms with Crippen LogP contribution in [-0.4, -0.2) is 39.4 Å². The van der Waals surface area contributed by atoms with E-state index < -0.39 is 23.7 Å². The molecule has 1 aliphatic heterocycles. The number of rotatable bonds is 3. The molecule has 0 spiro atoms. The van der Waals surface area contributed by atoms with E-state index in [0.29, 0.717) is 5.56 Å². The van der Waals surface area contributed by atoms with Gasteiger partial charge in [0.2, 0.25) is 0 Å². The van der Waals surface area contributed by atoms with Crippen LogP contribution in [-0.2, 0) is 9.59 Å². The topological polar surface area (TPSA) is 60.9 Å². The van der Waals surface area contributed by atoms with Gasteiger partial charge < -0.3 is 14.9 Å². The molecule has 2 aromatic rings. The van der Waals surface area contributed by atoms with E-state index in [1.54, 1.807) is 36.2 Å². The Labute approximate surface area is 147 Å². The highest BCUT2D eigenvalue weighted by molar-refractivity contribution is 5.94. The Hall–Kier alpha value is -2.66. The maximum Gasteiger partial charge on any atom is 0.258 e. The molecule has 0 aromatic heterocycles. The first kappa shape index (κ1) is 17.2. The SMILES string of the molecule is CN1C(=O)[C@H](c2ccccc2)N(C(=O)[C@H](O)c2ccccc2)C1(C)C. The van der Waals surface area contributed by atoms with Crippen molar-refractivity contribution in [1.82, 2.24) is 9.80 Å². The minimum atomic E-state index is -1.31. The van der Waals surface area contributed by atoms with Crippen molar-refractivity contribution in [3.05, 3.63) is 71.8 Å². The number of hydrogen-bond acceptors (Lipinski definition) is 3. The minimum Gasteiger partial charge on any atom is -0.378 e. The quantitative estimate of drug-likeness (QED) is 0.935. The lowest BCUT2D eigenvalue weighted by Gasteiger charge is -2.38. The summed E-state index contributed by atoms with van der Waals surface area (Å²) in [6.07, 6.45) is -1.31. The number of aliphatic hydroxyl groups is 1. The third kappa shape index (κ3) is 2.81. The van der Waals surface area contributed by atoms with E-state index in [0.717, 1.165) is 5.56 Å². The second-order valence-corrected chi connectivity index (χ2v) is 6.73. The van der Waals surface area contributed by atoms with Crippen molar-refractivity contribution in [3.63, 3.8) is 0 Å². The summed E-state index contributed by atoms with van der Waals surface area (Å²) in [5.74, 6) is -0.646. The van der Waals surface area contributed by atoms with Crippen molar-refractivity contribution in [3.8, 4) is 0 Å². The molecule has 5 nitrogen and oxygen atoms in total. The highest BCUT2D eigenvalue weighted by Crippen LogP contribution is 2.40. The number of likely N-dealkylation sites (N-methyl/N-ethyl adjacent to an activating group) is 1. The number of carbonyl (C=O) groups is 2. The maximum absolute atomic E-state index is 13.1. The Kier molecular flexibility index (Phi) is 4.35. The number of carbonyl (C=O) groups excluding carboxylic acids is 2. The number of hydrogen-bond donors (Lipinski definition) is 1. The zero-order chi connectivity index (χ0) is 18.2. The minimum absolute atomic E-state index is 0.162. The third-order valence-corrected chi connectivity index (χ3v) is 4.94. The largest absolute Gasteiger partial charge is 0.378 e. The summed E-state index contributed by atoms with van der Waals surface area (Å²) < 4.78 is 0. The van der Waals surface area contributed by atoms with Crippen molar-refractivity contribution in [2.24, 2.45) is 0 Å². The predicted octanol–water partition coefficient (Wildman–Crippen LogP) is 2.50. The number of nitrogens with zero attached hydrogens (tertiary/aromatic N) is 2. The monoisotopic (exact) mass is 338 g/mol. The van der Waals surface area contributed by atoms with Crippen molar-refractivity contribution in [2.45, 2.75) is 31.7 Å². The van der Waals surface area contributed by atoms with E-state index in [1.807, 2.05) is 50.2 Å². The Bertz CT molecular complexity index is 774. The van der Waals surface area contributed by atoms with Gasteiger partial charge in [0.15, 0.2) is 6.10 Å². The zero-order valence-corrected chi connectivity index (χ0v) is 14.6. The first-order valence-electron chi connectivity index (χ1n) is 8.24. The van der Waals surface area contributed by atoms with Gasteiger partial charge in [-0.15, -0.1) is 0 Å². The van der Waals surface area contributed by atoms with Crippen molar-refractivity contribution >= 4 is 11.8 Å². The van der Waals surface area contributed by atoms with E-state index in [-0.39, 0.29) is 5.91 Å². The van der Waals surface area contributed by atoms with Crippen molar-refractivity contribution in [1.29, 1.82) is 0 Å². The number of aliphatic hydroxyl groups excluding tert-OH is 1. The molecular formula is C20H22N2O3. The maximum atomic E-state index is 13.1. The van der Waals surface area contributed by atoms with Gasteiger partial charge in [0.05, 0.1) is 0 Å². The van der Waals surface area contributed by atoms with Crippen LogP contribution < -0.4 is 0 Å². The van der Waals surface area contributed by atoms with Crippen molar-refractivity contribution < 1.29 is 14.7 Å². The standard InChI is InChI=1S/C20H22N2O3/c1-20(2)21(3)18(24)16(14-10-6-4-7-11-14)22(20)19(25)17(23)15-12-8-5-9-13-15/h4-13,16-17,23H,1-3H3/t16-,17+/m0/s1. The van der Waals surface area contributed by atoms with Crippen LogP contribution in [0.3, 0.4) is 0 Å². The van der Waals surface area contributed by atoms with E-state index in [4.69, 9.17) is 0 Å². The molecule has 0 bridgehead atoms. The predicted molar refractivity (Wildman–Crippen MR) is 94.3 cm³/mol. The average Bonchev–Trinajstić information content (AvgIpc) is 2.82. The van der Waals surface area contributed by atoms with E-state index >= 15 is 0 Å². The fourth-order valence-electron chi connectivity index (χ4n) is 3.27. The summed E-state index contributed by atoms with van der Waals surface area (Å²) in [5, 5.41) is 10.6. The van der Waals surface area contributed by atoms with Gasteiger partial charge in [-0.25, -0.2) is 0 Å². The van der Waals surface area contributed by atoms with Gasteiger partial charge in [-0.2, -0.15) is 0 Å². The normalized spacial score (nSPS) is 20.6. The van der Waals surface area contributed by atoms with Crippen LogP contribution in [0, 0.1) is 0 Å². The van der Waals surface area contributed by atoms with Gasteiger partial charge >= 0.3 is 0 Å². The second-order valence-electron chi connectivity index (χ2n) is 6.73. The summed E-state index contributed by atoms with van der Waals surface area (Å²) in [7, 11) is 1.68. The summed E-state index contributed by atoms with van der Waals surface area (Å²) in [6, 6.07) is 17.2. The highest BCUT2D eigenvalue weighted by atomic mass is 16.3. The van der Waals surface area contributed by atoms with Crippen LogP contribution >= 0.6 is 0 Å². The molecular weight excluding hydrogens is 316 g/mol. The van der Waals surface area contributed by atoms with E-state index in [1.165, 1.54) is 4.90 Å². The third-order valence-electron chi connectivity index (χ3n) is 4.94. The summed E-state index contributed by atoms with van der Waals surface area (Å²) >= 11 is 0.